The van der Waals surface area contributed by atoms with E-state index in [0.29, 0.717) is 6.61 Å². The summed E-state index contributed by atoms with van der Waals surface area (Å²) in [5.74, 6) is 1.84. The number of hydrogen-bond acceptors (Lipinski definition) is 2. The highest BCUT2D eigenvalue weighted by Gasteiger charge is 2.12. The maximum Gasteiger partial charge on any atom is 0.148 e. The number of imidazole rings is 1. The lowest BCUT2D eigenvalue weighted by atomic mass is 10.1. The van der Waals surface area contributed by atoms with E-state index in [0.717, 1.165) is 47.6 Å². The van der Waals surface area contributed by atoms with Crippen molar-refractivity contribution in [3.63, 3.8) is 0 Å². The number of benzene rings is 3. The number of para-hydroxylation sites is 3. The zero-order chi connectivity index (χ0) is 19.2. The molecule has 0 atom stereocenters. The molecule has 0 aliphatic carbocycles. The molecule has 3 heteroatoms. The van der Waals surface area contributed by atoms with Crippen LogP contribution in [0.3, 0.4) is 0 Å². The Morgan fingerprint density at radius 2 is 1.64 bits per heavy atom. The fourth-order valence-electron chi connectivity index (χ4n) is 3.48. The summed E-state index contributed by atoms with van der Waals surface area (Å²) in [6.45, 7) is 5.15. The molecule has 0 bridgehead atoms. The SMILES string of the molecule is C=CCc1ccccc1OCc1nc2ccccc2n1CCc1ccccc1. The minimum atomic E-state index is 0.442. The molecule has 0 unspecified atom stereocenters. The summed E-state index contributed by atoms with van der Waals surface area (Å²) < 4.78 is 8.44. The zero-order valence-electron chi connectivity index (χ0n) is 15.9. The molecule has 0 saturated heterocycles. The number of rotatable bonds is 8. The summed E-state index contributed by atoms with van der Waals surface area (Å²) in [5, 5.41) is 0. The van der Waals surface area contributed by atoms with Gasteiger partial charge in [-0.05, 0) is 42.2 Å². The first-order chi connectivity index (χ1) is 13.8. The topological polar surface area (TPSA) is 27.1 Å². The third-order valence-electron chi connectivity index (χ3n) is 4.89. The van der Waals surface area contributed by atoms with Crippen LogP contribution in [0.2, 0.25) is 0 Å². The number of nitrogens with zero attached hydrogens (tertiary/aromatic N) is 2. The van der Waals surface area contributed by atoms with Crippen LogP contribution < -0.4 is 4.74 Å². The van der Waals surface area contributed by atoms with E-state index < -0.39 is 0 Å². The Labute approximate surface area is 165 Å². The lowest BCUT2D eigenvalue weighted by Gasteiger charge is -2.12. The predicted molar refractivity (Wildman–Crippen MR) is 115 cm³/mol. The van der Waals surface area contributed by atoms with E-state index in [9.17, 15) is 0 Å². The Balaban J connectivity index is 1.59. The maximum absolute atomic E-state index is 6.17. The van der Waals surface area contributed by atoms with E-state index in [1.54, 1.807) is 0 Å². The predicted octanol–water partition coefficient (Wildman–Crippen LogP) is 5.59. The molecule has 28 heavy (non-hydrogen) atoms. The summed E-state index contributed by atoms with van der Waals surface area (Å²) >= 11 is 0. The number of allylic oxidation sites excluding steroid dienone is 1. The van der Waals surface area contributed by atoms with Crippen LogP contribution >= 0.6 is 0 Å². The molecule has 1 heterocycles. The van der Waals surface area contributed by atoms with Gasteiger partial charge in [0.15, 0.2) is 0 Å². The summed E-state index contributed by atoms with van der Waals surface area (Å²) in [6, 6.07) is 27.0. The minimum absolute atomic E-state index is 0.442. The smallest absolute Gasteiger partial charge is 0.148 e. The molecule has 0 radical (unpaired) electrons. The zero-order valence-corrected chi connectivity index (χ0v) is 15.9. The standard InChI is InChI=1S/C25H24N2O/c1-2-10-21-13-6-9-16-24(21)28-19-25-26-22-14-7-8-15-23(22)27(25)18-17-20-11-4-3-5-12-20/h2-9,11-16H,1,10,17-19H2. The van der Waals surface area contributed by atoms with Crippen LogP contribution in [0, 0.1) is 0 Å². The van der Waals surface area contributed by atoms with Crippen molar-refractivity contribution in [2.45, 2.75) is 26.0 Å². The highest BCUT2D eigenvalue weighted by atomic mass is 16.5. The Morgan fingerprint density at radius 3 is 2.50 bits per heavy atom. The van der Waals surface area contributed by atoms with Gasteiger partial charge in [0.05, 0.1) is 11.0 Å². The molecule has 3 nitrogen and oxygen atoms in total. The van der Waals surface area contributed by atoms with Gasteiger partial charge < -0.3 is 9.30 Å². The Hall–Kier alpha value is -3.33. The Bertz CT molecular complexity index is 1070. The normalized spacial score (nSPS) is 10.9. The van der Waals surface area contributed by atoms with Gasteiger partial charge in [0.1, 0.15) is 18.2 Å². The molecule has 4 rings (SSSR count). The lowest BCUT2D eigenvalue weighted by molar-refractivity contribution is 0.287. The molecule has 140 valence electrons. The third-order valence-corrected chi connectivity index (χ3v) is 4.89. The summed E-state index contributed by atoms with van der Waals surface area (Å²) in [7, 11) is 0. The van der Waals surface area contributed by atoms with Gasteiger partial charge in [-0.1, -0.05) is 66.7 Å². The molecule has 0 aliphatic heterocycles. The van der Waals surface area contributed by atoms with E-state index in [1.165, 1.54) is 5.56 Å². The van der Waals surface area contributed by atoms with Crippen LogP contribution in [0.15, 0.2) is 91.5 Å². The highest BCUT2D eigenvalue weighted by molar-refractivity contribution is 5.75. The summed E-state index contributed by atoms with van der Waals surface area (Å²) in [4.78, 5) is 4.83. The van der Waals surface area contributed by atoms with Gasteiger partial charge in [0.2, 0.25) is 0 Å². The second-order valence-corrected chi connectivity index (χ2v) is 6.79. The first kappa shape index (κ1) is 18.1. The lowest BCUT2D eigenvalue weighted by Crippen LogP contribution is -2.09. The molecule has 3 aromatic carbocycles. The van der Waals surface area contributed by atoms with Gasteiger partial charge in [-0.2, -0.15) is 0 Å². The quantitative estimate of drug-likeness (QED) is 0.379. The average molecular weight is 368 g/mol. The number of aryl methyl sites for hydroxylation is 2. The molecular formula is C25H24N2O. The van der Waals surface area contributed by atoms with Gasteiger partial charge in [0, 0.05) is 6.54 Å². The van der Waals surface area contributed by atoms with E-state index in [2.05, 4.69) is 65.7 Å². The highest BCUT2D eigenvalue weighted by Crippen LogP contribution is 2.22. The fraction of sp³-hybridized carbons (Fsp3) is 0.160. The van der Waals surface area contributed by atoms with Crippen LogP contribution in [0.4, 0.5) is 0 Å². The first-order valence-corrected chi connectivity index (χ1v) is 9.65. The monoisotopic (exact) mass is 368 g/mol. The van der Waals surface area contributed by atoms with Gasteiger partial charge in [-0.3, -0.25) is 0 Å². The van der Waals surface area contributed by atoms with Crippen molar-refractivity contribution >= 4 is 11.0 Å². The van der Waals surface area contributed by atoms with Crippen molar-refractivity contribution in [2.24, 2.45) is 0 Å². The van der Waals surface area contributed by atoms with Crippen molar-refractivity contribution in [3.05, 3.63) is 108 Å². The second kappa shape index (κ2) is 8.57. The molecule has 0 spiro atoms. The first-order valence-electron chi connectivity index (χ1n) is 9.65. The van der Waals surface area contributed by atoms with E-state index >= 15 is 0 Å². The Kier molecular flexibility index (Phi) is 5.53. The Morgan fingerprint density at radius 1 is 0.893 bits per heavy atom. The number of aromatic nitrogens is 2. The number of fused-ring (bicyclic) bond motifs is 1. The molecule has 4 aromatic rings. The van der Waals surface area contributed by atoms with E-state index in [-0.39, 0.29) is 0 Å². The molecule has 0 N–H and O–H groups in total. The van der Waals surface area contributed by atoms with Crippen LogP contribution in [0.5, 0.6) is 5.75 Å². The van der Waals surface area contributed by atoms with Crippen LogP contribution in [0.25, 0.3) is 11.0 Å². The number of ether oxygens (including phenoxy) is 1. The van der Waals surface area contributed by atoms with Crippen LogP contribution in [-0.4, -0.2) is 9.55 Å². The van der Waals surface area contributed by atoms with Crippen molar-refractivity contribution < 1.29 is 4.74 Å². The molecular weight excluding hydrogens is 344 g/mol. The maximum atomic E-state index is 6.17. The van der Waals surface area contributed by atoms with Crippen molar-refractivity contribution in [2.75, 3.05) is 0 Å². The summed E-state index contributed by atoms with van der Waals surface area (Å²) in [5.41, 5.74) is 4.62. The van der Waals surface area contributed by atoms with Crippen molar-refractivity contribution in [1.29, 1.82) is 0 Å². The summed E-state index contributed by atoms with van der Waals surface area (Å²) in [6.07, 6.45) is 3.65. The van der Waals surface area contributed by atoms with Gasteiger partial charge in [-0.15, -0.1) is 6.58 Å². The van der Waals surface area contributed by atoms with Crippen LogP contribution in [-0.2, 0) is 26.0 Å². The molecule has 0 amide bonds. The van der Waals surface area contributed by atoms with E-state index in [4.69, 9.17) is 9.72 Å². The van der Waals surface area contributed by atoms with Gasteiger partial charge >= 0.3 is 0 Å². The van der Waals surface area contributed by atoms with Crippen molar-refractivity contribution in [3.8, 4) is 5.75 Å². The molecule has 0 fully saturated rings. The number of hydrogen-bond donors (Lipinski definition) is 0. The van der Waals surface area contributed by atoms with Gasteiger partial charge in [-0.25, -0.2) is 4.98 Å². The van der Waals surface area contributed by atoms with E-state index in [1.807, 2.05) is 30.3 Å². The average Bonchev–Trinajstić information content (AvgIpc) is 3.10. The molecule has 1 aromatic heterocycles. The molecule has 0 aliphatic rings. The molecule has 0 saturated carbocycles. The second-order valence-electron chi connectivity index (χ2n) is 6.79. The third kappa shape index (κ3) is 3.99. The largest absolute Gasteiger partial charge is 0.485 e. The van der Waals surface area contributed by atoms with Crippen molar-refractivity contribution in [1.82, 2.24) is 9.55 Å². The van der Waals surface area contributed by atoms with Gasteiger partial charge in [0.25, 0.3) is 0 Å². The van der Waals surface area contributed by atoms with Crippen LogP contribution in [0.1, 0.15) is 17.0 Å². The minimum Gasteiger partial charge on any atom is -0.485 e. The fourth-order valence-corrected chi connectivity index (χ4v) is 3.48.